The molecular weight excluding hydrogens is 328 g/mol. The van der Waals surface area contributed by atoms with Gasteiger partial charge in [0, 0.05) is 12.6 Å². The van der Waals surface area contributed by atoms with Gasteiger partial charge in [-0.1, -0.05) is 43.2 Å². The number of aryl methyl sites for hydroxylation is 1. The molecule has 5 heteroatoms. The number of carbonyl (C=O) groups excluding carboxylic acids is 1. The highest BCUT2D eigenvalue weighted by atomic mass is 16.4. The average Bonchev–Trinajstić information content (AvgIpc) is 3.16. The molecule has 0 saturated heterocycles. The van der Waals surface area contributed by atoms with Crippen molar-refractivity contribution in [3.63, 3.8) is 0 Å². The Morgan fingerprint density at radius 2 is 1.81 bits per heavy atom. The van der Waals surface area contributed by atoms with Crippen molar-refractivity contribution in [2.24, 2.45) is 0 Å². The first-order chi connectivity index (χ1) is 12.6. The maximum Gasteiger partial charge on any atom is 0.337 e. The van der Waals surface area contributed by atoms with Gasteiger partial charge in [0.25, 0.3) is 5.91 Å². The largest absolute Gasteiger partial charge is 0.478 e. The number of carboxylic acid groups (broad SMARTS) is 1. The lowest BCUT2D eigenvalue weighted by atomic mass is 10.1. The Kier molecular flexibility index (Phi) is 5.66. The van der Waals surface area contributed by atoms with E-state index in [1.807, 2.05) is 23.1 Å². The number of carboxylic acids is 1. The number of amides is 1. The molecule has 1 N–H and O–H groups in total. The van der Waals surface area contributed by atoms with E-state index in [1.54, 1.807) is 6.92 Å². The fraction of sp³-hybridized carbons (Fsp3) is 0.381. The summed E-state index contributed by atoms with van der Waals surface area (Å²) in [6.07, 6.45) is 5.13. The predicted molar refractivity (Wildman–Crippen MR) is 99.4 cm³/mol. The second-order valence-electron chi connectivity index (χ2n) is 6.81. The number of carbonyl (C=O) groups is 2. The van der Waals surface area contributed by atoms with Gasteiger partial charge in [0.1, 0.15) is 5.69 Å². The first-order valence-corrected chi connectivity index (χ1v) is 9.12. The molecule has 1 amide bonds. The zero-order valence-corrected chi connectivity index (χ0v) is 15.0. The number of aromatic nitrogens is 1. The SMILES string of the molecule is Cc1nc(C(=O)N(CCc2ccccc2)C2CCCC2)ccc1C(=O)O. The van der Waals surface area contributed by atoms with E-state index in [9.17, 15) is 9.59 Å². The standard InChI is InChI=1S/C21H24N2O3/c1-15-18(21(25)26)11-12-19(22-15)20(24)23(17-9-5-6-10-17)14-13-16-7-3-2-4-8-16/h2-4,7-8,11-12,17H,5-6,9-10,13-14H2,1H3,(H,25,26). The summed E-state index contributed by atoms with van der Waals surface area (Å²) in [7, 11) is 0. The van der Waals surface area contributed by atoms with Crippen LogP contribution in [0.3, 0.4) is 0 Å². The molecule has 1 fully saturated rings. The maximum absolute atomic E-state index is 13.1. The molecular formula is C21H24N2O3. The van der Waals surface area contributed by atoms with Gasteiger partial charge in [-0.05, 0) is 43.9 Å². The Labute approximate surface area is 153 Å². The second-order valence-corrected chi connectivity index (χ2v) is 6.81. The van der Waals surface area contributed by atoms with E-state index in [0.717, 1.165) is 32.1 Å². The highest BCUT2D eigenvalue weighted by Crippen LogP contribution is 2.25. The minimum absolute atomic E-state index is 0.104. The topological polar surface area (TPSA) is 70.5 Å². The van der Waals surface area contributed by atoms with E-state index in [1.165, 1.54) is 17.7 Å². The summed E-state index contributed by atoms with van der Waals surface area (Å²) >= 11 is 0. The van der Waals surface area contributed by atoms with Gasteiger partial charge in [0.05, 0.1) is 11.3 Å². The van der Waals surface area contributed by atoms with Crippen LogP contribution in [0.4, 0.5) is 0 Å². The molecule has 1 saturated carbocycles. The van der Waals surface area contributed by atoms with Gasteiger partial charge in [-0.3, -0.25) is 4.79 Å². The maximum atomic E-state index is 13.1. The summed E-state index contributed by atoms with van der Waals surface area (Å²) in [5, 5.41) is 9.15. The highest BCUT2D eigenvalue weighted by molar-refractivity contribution is 5.94. The number of rotatable bonds is 6. The molecule has 1 heterocycles. The number of nitrogens with zero attached hydrogens (tertiary/aromatic N) is 2. The Bertz CT molecular complexity index is 783. The molecule has 0 aliphatic heterocycles. The van der Waals surface area contributed by atoms with Gasteiger partial charge >= 0.3 is 5.97 Å². The van der Waals surface area contributed by atoms with Crippen LogP contribution in [-0.2, 0) is 6.42 Å². The average molecular weight is 352 g/mol. The summed E-state index contributed by atoms with van der Waals surface area (Å²) < 4.78 is 0. The Morgan fingerprint density at radius 3 is 2.42 bits per heavy atom. The van der Waals surface area contributed by atoms with E-state index < -0.39 is 5.97 Å². The molecule has 1 aromatic heterocycles. The molecule has 136 valence electrons. The van der Waals surface area contributed by atoms with E-state index in [0.29, 0.717) is 17.9 Å². The summed E-state index contributed by atoms with van der Waals surface area (Å²) in [5.41, 5.74) is 2.04. The third kappa shape index (κ3) is 4.10. The monoisotopic (exact) mass is 352 g/mol. The van der Waals surface area contributed by atoms with Crippen molar-refractivity contribution in [1.82, 2.24) is 9.88 Å². The second kappa shape index (κ2) is 8.13. The van der Waals surface area contributed by atoms with Crippen LogP contribution in [-0.4, -0.2) is 39.5 Å². The molecule has 1 aromatic carbocycles. The van der Waals surface area contributed by atoms with Crippen LogP contribution in [0, 0.1) is 6.92 Å². The molecule has 0 bridgehead atoms. The quantitative estimate of drug-likeness (QED) is 0.860. The number of hydrogen-bond acceptors (Lipinski definition) is 3. The van der Waals surface area contributed by atoms with Gasteiger partial charge in [-0.2, -0.15) is 0 Å². The van der Waals surface area contributed by atoms with Gasteiger partial charge in [0.15, 0.2) is 0 Å². The number of pyridine rings is 1. The molecule has 0 atom stereocenters. The molecule has 26 heavy (non-hydrogen) atoms. The van der Waals surface area contributed by atoms with Crippen LogP contribution in [0.15, 0.2) is 42.5 Å². The van der Waals surface area contributed by atoms with E-state index in [2.05, 4.69) is 17.1 Å². The van der Waals surface area contributed by atoms with Crippen molar-refractivity contribution in [3.8, 4) is 0 Å². The lowest BCUT2D eigenvalue weighted by molar-refractivity contribution is 0.0668. The number of aromatic carboxylic acids is 1. The smallest absolute Gasteiger partial charge is 0.337 e. The predicted octanol–water partition coefficient (Wildman–Crippen LogP) is 3.72. The summed E-state index contributed by atoms with van der Waals surface area (Å²) in [5.74, 6) is -1.13. The van der Waals surface area contributed by atoms with Crippen molar-refractivity contribution in [1.29, 1.82) is 0 Å². The van der Waals surface area contributed by atoms with Crippen LogP contribution in [0.1, 0.15) is 57.8 Å². The van der Waals surface area contributed by atoms with Crippen molar-refractivity contribution < 1.29 is 14.7 Å². The van der Waals surface area contributed by atoms with Gasteiger partial charge in [-0.25, -0.2) is 9.78 Å². The van der Waals surface area contributed by atoms with Gasteiger partial charge in [0.2, 0.25) is 0 Å². The summed E-state index contributed by atoms with van der Waals surface area (Å²) in [6, 6.07) is 13.4. The van der Waals surface area contributed by atoms with Crippen LogP contribution < -0.4 is 0 Å². The molecule has 0 unspecified atom stereocenters. The van der Waals surface area contributed by atoms with Crippen molar-refractivity contribution in [2.75, 3.05) is 6.54 Å². The van der Waals surface area contributed by atoms with Gasteiger partial charge in [-0.15, -0.1) is 0 Å². The zero-order chi connectivity index (χ0) is 18.5. The Morgan fingerprint density at radius 1 is 1.12 bits per heavy atom. The van der Waals surface area contributed by atoms with E-state index in [4.69, 9.17) is 5.11 Å². The van der Waals surface area contributed by atoms with Crippen molar-refractivity contribution in [2.45, 2.75) is 45.1 Å². The fourth-order valence-electron chi connectivity index (χ4n) is 3.61. The third-order valence-electron chi connectivity index (χ3n) is 5.05. The fourth-order valence-corrected chi connectivity index (χ4v) is 3.61. The van der Waals surface area contributed by atoms with Crippen LogP contribution >= 0.6 is 0 Å². The number of benzene rings is 1. The molecule has 1 aliphatic rings. The highest BCUT2D eigenvalue weighted by Gasteiger charge is 2.28. The van der Waals surface area contributed by atoms with Gasteiger partial charge < -0.3 is 10.0 Å². The number of hydrogen-bond donors (Lipinski definition) is 1. The third-order valence-corrected chi connectivity index (χ3v) is 5.05. The zero-order valence-electron chi connectivity index (χ0n) is 15.0. The molecule has 0 radical (unpaired) electrons. The summed E-state index contributed by atoms with van der Waals surface area (Å²) in [6.45, 7) is 2.28. The molecule has 0 spiro atoms. The first-order valence-electron chi connectivity index (χ1n) is 9.12. The minimum atomic E-state index is -1.02. The van der Waals surface area contributed by atoms with Crippen molar-refractivity contribution in [3.05, 3.63) is 65.0 Å². The van der Waals surface area contributed by atoms with Crippen molar-refractivity contribution >= 4 is 11.9 Å². The normalized spacial score (nSPS) is 14.3. The van der Waals surface area contributed by atoms with Crippen LogP contribution in [0.5, 0.6) is 0 Å². The van der Waals surface area contributed by atoms with Crippen LogP contribution in [0.2, 0.25) is 0 Å². The molecule has 1 aliphatic carbocycles. The van der Waals surface area contributed by atoms with Crippen LogP contribution in [0.25, 0.3) is 0 Å². The first kappa shape index (κ1) is 18.1. The molecule has 2 aromatic rings. The lowest BCUT2D eigenvalue weighted by Crippen LogP contribution is -2.40. The molecule has 5 nitrogen and oxygen atoms in total. The minimum Gasteiger partial charge on any atom is -0.478 e. The van der Waals surface area contributed by atoms with E-state index >= 15 is 0 Å². The van der Waals surface area contributed by atoms with E-state index in [-0.39, 0.29) is 17.5 Å². The summed E-state index contributed by atoms with van der Waals surface area (Å²) in [4.78, 5) is 30.5. The lowest BCUT2D eigenvalue weighted by Gasteiger charge is -2.29. The molecule has 3 rings (SSSR count). The Balaban J connectivity index is 1.80. The Hall–Kier alpha value is -2.69.